The van der Waals surface area contributed by atoms with E-state index in [0.717, 1.165) is 64.2 Å². The second-order valence-electron chi connectivity index (χ2n) is 15.2. The summed E-state index contributed by atoms with van der Waals surface area (Å²) < 4.78 is 49.2. The molecule has 17 nitrogen and oxygen atoms in total. The Labute approximate surface area is 378 Å². The van der Waals surface area contributed by atoms with Crippen molar-refractivity contribution in [2.24, 2.45) is 0 Å². The molecule has 1 aliphatic rings. The van der Waals surface area contributed by atoms with Crippen molar-refractivity contribution in [1.82, 2.24) is 0 Å². The van der Waals surface area contributed by atoms with Crippen LogP contribution in [0.2, 0.25) is 0 Å². The molecule has 366 valence electrons. The Morgan fingerprint density at radius 2 is 1.16 bits per heavy atom. The van der Waals surface area contributed by atoms with Gasteiger partial charge in [0.25, 0.3) is 0 Å². The van der Waals surface area contributed by atoms with Gasteiger partial charge in [-0.2, -0.15) is 0 Å². The van der Waals surface area contributed by atoms with Crippen molar-refractivity contribution in [3.63, 3.8) is 0 Å². The van der Waals surface area contributed by atoms with Gasteiger partial charge in [-0.15, -0.1) is 0 Å². The smallest absolute Gasteiger partial charge is 0.462 e. The predicted molar refractivity (Wildman–Crippen MR) is 242 cm³/mol. The average molecular weight is 949 g/mol. The zero-order chi connectivity index (χ0) is 47.6. The number of allylic oxidation sites excluding steroid dienone is 12. The van der Waals surface area contributed by atoms with Crippen molar-refractivity contribution in [2.45, 2.75) is 172 Å². The van der Waals surface area contributed by atoms with Crippen LogP contribution in [0.1, 0.15) is 123 Å². The van der Waals surface area contributed by atoms with Crippen LogP contribution in [0.4, 0.5) is 0 Å². The number of aliphatic hydroxyl groups is 5. The Bertz CT molecular complexity index is 1590. The molecule has 1 saturated carbocycles. The number of ether oxygens (including phenoxy) is 2. The summed E-state index contributed by atoms with van der Waals surface area (Å²) in [5, 5.41) is 51.2. The van der Waals surface area contributed by atoms with Crippen LogP contribution >= 0.6 is 15.6 Å². The van der Waals surface area contributed by atoms with Crippen LogP contribution < -0.4 is 0 Å². The van der Waals surface area contributed by atoms with Crippen LogP contribution in [0.25, 0.3) is 0 Å². The van der Waals surface area contributed by atoms with Crippen LogP contribution in [0, 0.1) is 0 Å². The van der Waals surface area contributed by atoms with Gasteiger partial charge in [0.05, 0.1) is 12.7 Å². The Balaban J connectivity index is 2.70. The summed E-state index contributed by atoms with van der Waals surface area (Å²) >= 11 is 0. The van der Waals surface area contributed by atoms with Gasteiger partial charge in [0.1, 0.15) is 43.2 Å². The molecule has 0 heterocycles. The number of rotatable bonds is 35. The average Bonchev–Trinajstić information content (AvgIpc) is 3.24. The molecule has 1 fully saturated rings. The number of carbonyl (C=O) groups excluding carboxylic acids is 2. The summed E-state index contributed by atoms with van der Waals surface area (Å²) in [5.74, 6) is -1.34. The van der Waals surface area contributed by atoms with Crippen molar-refractivity contribution in [3.8, 4) is 0 Å². The standard InChI is InChI=1S/C45H74O17P2/c1-3-5-7-9-11-12-13-14-15-16-21-25-29-33-39(48)60-37(35-59-64(56,57)62-45-42(51)40(49)41(50)44(43(45)52)61-63(53,54)55)34-58-38(47)32-28-24-20-18-17-19-23-27-31-36(46)30-26-22-10-8-6-4-2/h6-9,12-13,18-20,22-23,26-27,31,36-37,40-46,49-52H,3-5,10-11,14-17,21,24-25,28-30,32-35H2,1-2H3,(H,56,57)(H2,53,54,55)/b8-6-,9-7-,13-12-,20-18-,23-19-,26-22-,31-27+/t36?,37-,40?,41?,42?,43?,44-,45+/m1/s1. The molecule has 0 aliphatic heterocycles. The molecule has 0 spiro atoms. The maximum Gasteiger partial charge on any atom is 0.472 e. The number of aliphatic hydroxyl groups excluding tert-OH is 5. The number of esters is 2. The summed E-state index contributed by atoms with van der Waals surface area (Å²) in [5.41, 5.74) is 0. The monoisotopic (exact) mass is 948 g/mol. The van der Waals surface area contributed by atoms with E-state index in [9.17, 15) is 49.1 Å². The van der Waals surface area contributed by atoms with Crippen molar-refractivity contribution in [3.05, 3.63) is 85.1 Å². The number of phosphoric acid groups is 2. The van der Waals surface area contributed by atoms with Gasteiger partial charge in [-0.25, -0.2) is 9.13 Å². The summed E-state index contributed by atoms with van der Waals surface area (Å²) in [4.78, 5) is 54.1. The molecule has 19 heteroatoms. The van der Waals surface area contributed by atoms with Crippen LogP contribution in [0.5, 0.6) is 0 Å². The highest BCUT2D eigenvalue weighted by molar-refractivity contribution is 7.47. The summed E-state index contributed by atoms with van der Waals surface area (Å²) in [6.45, 7) is 2.76. The van der Waals surface area contributed by atoms with Crippen LogP contribution in [0.3, 0.4) is 0 Å². The molecular formula is C45H74O17P2. The van der Waals surface area contributed by atoms with E-state index in [0.29, 0.717) is 32.1 Å². The molecule has 0 radical (unpaired) electrons. The second-order valence-corrected chi connectivity index (χ2v) is 17.8. The zero-order valence-electron chi connectivity index (χ0n) is 37.3. The lowest BCUT2D eigenvalue weighted by molar-refractivity contribution is -0.216. The molecule has 0 saturated heterocycles. The number of unbranched alkanes of at least 4 members (excludes halogenated alkanes) is 7. The topological polar surface area (TPSA) is 276 Å². The summed E-state index contributed by atoms with van der Waals surface area (Å²) in [6.07, 6.45) is 24.4. The highest BCUT2D eigenvalue weighted by atomic mass is 31.2. The van der Waals surface area contributed by atoms with Gasteiger partial charge < -0.3 is 49.7 Å². The minimum atomic E-state index is -5.38. The van der Waals surface area contributed by atoms with Crippen LogP contribution in [-0.2, 0) is 41.8 Å². The SMILES string of the molecule is CC/C=C\C/C=C\CC(O)/C=C/C=C\C/C=C\CCCC(=O)OC[C@H](COP(=O)(O)O[C@H]1C(O)C(O)C(O)[C@@H](OP(=O)(O)O)C1O)OC(=O)CCCCCCC/C=C\C/C=C\CCC. The molecule has 1 aliphatic carbocycles. The first kappa shape index (κ1) is 59.2. The van der Waals surface area contributed by atoms with Gasteiger partial charge >= 0.3 is 27.6 Å². The van der Waals surface area contributed by atoms with E-state index in [1.54, 1.807) is 12.2 Å². The summed E-state index contributed by atoms with van der Waals surface area (Å²) in [6, 6.07) is 0. The quantitative estimate of drug-likeness (QED) is 0.0107. The zero-order valence-corrected chi connectivity index (χ0v) is 39.1. The molecule has 0 amide bonds. The predicted octanol–water partition coefficient (Wildman–Crippen LogP) is 6.80. The normalized spacial score (nSPS) is 23.1. The van der Waals surface area contributed by atoms with Gasteiger partial charge in [-0.3, -0.25) is 23.2 Å². The van der Waals surface area contributed by atoms with E-state index < -0.39 is 89.6 Å². The molecule has 9 atom stereocenters. The molecule has 1 rings (SSSR count). The third kappa shape index (κ3) is 29.6. The molecule has 0 aromatic rings. The number of phosphoric ester groups is 2. The second kappa shape index (κ2) is 35.3. The van der Waals surface area contributed by atoms with E-state index in [1.807, 2.05) is 36.5 Å². The third-order valence-electron chi connectivity index (χ3n) is 9.51. The largest absolute Gasteiger partial charge is 0.472 e. The van der Waals surface area contributed by atoms with Gasteiger partial charge in [0.15, 0.2) is 6.10 Å². The van der Waals surface area contributed by atoms with E-state index in [4.69, 9.17) is 28.3 Å². The van der Waals surface area contributed by atoms with Crippen molar-refractivity contribution < 1.29 is 82.0 Å². The Morgan fingerprint density at radius 1 is 0.594 bits per heavy atom. The highest BCUT2D eigenvalue weighted by Crippen LogP contribution is 2.49. The fourth-order valence-corrected chi connectivity index (χ4v) is 7.60. The maximum absolute atomic E-state index is 13.0. The molecule has 0 bridgehead atoms. The van der Waals surface area contributed by atoms with Gasteiger partial charge in [-0.05, 0) is 70.6 Å². The maximum atomic E-state index is 13.0. The molecular weight excluding hydrogens is 874 g/mol. The number of carbonyl (C=O) groups is 2. The van der Waals surface area contributed by atoms with Crippen LogP contribution in [0.15, 0.2) is 85.1 Å². The molecule has 6 unspecified atom stereocenters. The Morgan fingerprint density at radius 3 is 1.81 bits per heavy atom. The third-order valence-corrected chi connectivity index (χ3v) is 11.0. The first-order valence-corrected chi connectivity index (χ1v) is 25.3. The summed E-state index contributed by atoms with van der Waals surface area (Å²) in [7, 11) is -10.7. The first-order valence-electron chi connectivity index (χ1n) is 22.2. The first-order chi connectivity index (χ1) is 30.5. The molecule has 64 heavy (non-hydrogen) atoms. The van der Waals surface area contributed by atoms with Crippen molar-refractivity contribution in [2.75, 3.05) is 13.2 Å². The lowest BCUT2D eigenvalue weighted by Crippen LogP contribution is -2.64. The fourth-order valence-electron chi connectivity index (χ4n) is 6.06. The fraction of sp³-hybridized carbons (Fsp3) is 0.644. The minimum absolute atomic E-state index is 0.00184. The molecule has 0 aromatic heterocycles. The molecule has 0 aromatic carbocycles. The Kier molecular flexibility index (Phi) is 32.7. The molecule has 8 N–H and O–H groups in total. The van der Waals surface area contributed by atoms with Gasteiger partial charge in [0.2, 0.25) is 0 Å². The van der Waals surface area contributed by atoms with Crippen molar-refractivity contribution >= 4 is 27.6 Å². The Hall–Kier alpha value is -2.86. The van der Waals surface area contributed by atoms with E-state index >= 15 is 0 Å². The van der Waals surface area contributed by atoms with E-state index in [1.165, 1.54) is 0 Å². The number of hydrogen-bond donors (Lipinski definition) is 8. The van der Waals surface area contributed by atoms with Crippen molar-refractivity contribution in [1.29, 1.82) is 0 Å². The minimum Gasteiger partial charge on any atom is -0.462 e. The van der Waals surface area contributed by atoms with E-state index in [-0.39, 0.29) is 12.8 Å². The van der Waals surface area contributed by atoms with Gasteiger partial charge in [0, 0.05) is 12.8 Å². The van der Waals surface area contributed by atoms with Gasteiger partial charge in [-0.1, -0.05) is 125 Å². The van der Waals surface area contributed by atoms with Crippen LogP contribution in [-0.4, -0.2) is 114 Å². The van der Waals surface area contributed by atoms with E-state index in [2.05, 4.69) is 54.8 Å². The lowest BCUT2D eigenvalue weighted by Gasteiger charge is -2.43. The lowest BCUT2D eigenvalue weighted by atomic mass is 9.85. The number of hydrogen-bond acceptors (Lipinski definition) is 14. The highest BCUT2D eigenvalue weighted by Gasteiger charge is 2.54.